The van der Waals surface area contributed by atoms with Gasteiger partial charge in [0, 0.05) is 24.7 Å². The van der Waals surface area contributed by atoms with E-state index in [2.05, 4.69) is 20.6 Å². The molecule has 0 unspecified atom stereocenters. The van der Waals surface area contributed by atoms with Gasteiger partial charge < -0.3 is 15.4 Å². The van der Waals surface area contributed by atoms with E-state index in [9.17, 15) is 30.8 Å². The Labute approximate surface area is 194 Å². The molecule has 1 heterocycles. The van der Waals surface area contributed by atoms with Crippen LogP contribution in [0.25, 0.3) is 0 Å². The molecule has 34 heavy (non-hydrogen) atoms. The minimum absolute atomic E-state index is 0.00905. The van der Waals surface area contributed by atoms with Gasteiger partial charge in [0.15, 0.2) is 9.84 Å². The second-order valence-corrected chi connectivity index (χ2v) is 10.3. The molecule has 0 saturated heterocycles. The highest BCUT2D eigenvalue weighted by molar-refractivity contribution is 7.90. The summed E-state index contributed by atoms with van der Waals surface area (Å²) in [5.74, 6) is -0.668. The minimum atomic E-state index is -4.38. The lowest BCUT2D eigenvalue weighted by Crippen LogP contribution is -2.37. The van der Waals surface area contributed by atoms with Crippen LogP contribution in [-0.2, 0) is 14.6 Å². The first kappa shape index (κ1) is 25.7. The van der Waals surface area contributed by atoms with Gasteiger partial charge in [-0.1, -0.05) is 0 Å². The number of nitrogens with zero attached hydrogens (tertiary/aromatic N) is 2. The Balaban J connectivity index is 1.53. The number of alkyl halides is 3. The monoisotopic (exact) mass is 504 g/mol. The number of carbonyl (C=O) groups is 1. The first-order valence-corrected chi connectivity index (χ1v) is 12.3. The molecule has 2 N–H and O–H groups in total. The van der Waals surface area contributed by atoms with Crippen molar-refractivity contribution < 1.29 is 35.5 Å². The Kier molecular flexibility index (Phi) is 7.64. The lowest BCUT2D eigenvalue weighted by atomic mass is 10.0. The molecule has 1 aliphatic carbocycles. The van der Waals surface area contributed by atoms with Gasteiger partial charge in [-0.25, -0.2) is 27.6 Å². The van der Waals surface area contributed by atoms with Crippen molar-refractivity contribution >= 4 is 27.6 Å². The van der Waals surface area contributed by atoms with Crippen molar-refractivity contribution in [2.45, 2.75) is 61.7 Å². The summed E-state index contributed by atoms with van der Waals surface area (Å²) in [6, 6.07) is 2.37. The van der Waals surface area contributed by atoms with Crippen LogP contribution in [0, 0.1) is 5.82 Å². The highest BCUT2D eigenvalue weighted by Crippen LogP contribution is 2.36. The van der Waals surface area contributed by atoms with Gasteiger partial charge in [0.2, 0.25) is 5.95 Å². The summed E-state index contributed by atoms with van der Waals surface area (Å²) in [5.41, 5.74) is 0.788. The van der Waals surface area contributed by atoms with Crippen LogP contribution in [0.4, 0.5) is 34.0 Å². The van der Waals surface area contributed by atoms with Crippen LogP contribution >= 0.6 is 0 Å². The van der Waals surface area contributed by atoms with Gasteiger partial charge in [0.25, 0.3) is 0 Å². The van der Waals surface area contributed by atoms with Crippen LogP contribution in [0.2, 0.25) is 0 Å². The van der Waals surface area contributed by atoms with Gasteiger partial charge in [-0.3, -0.25) is 0 Å². The molecule has 186 valence electrons. The van der Waals surface area contributed by atoms with Crippen LogP contribution in [0.1, 0.15) is 44.1 Å². The Morgan fingerprint density at radius 1 is 1.24 bits per heavy atom. The Morgan fingerprint density at radius 2 is 1.91 bits per heavy atom. The minimum Gasteiger partial charge on any atom is -0.446 e. The van der Waals surface area contributed by atoms with Crippen LogP contribution in [-0.4, -0.2) is 49.1 Å². The highest BCUT2D eigenvalue weighted by atomic mass is 32.2. The zero-order valence-corrected chi connectivity index (χ0v) is 19.2. The summed E-state index contributed by atoms with van der Waals surface area (Å²) in [7, 11) is -3.54. The largest absolute Gasteiger partial charge is 0.446 e. The second-order valence-electron chi connectivity index (χ2n) is 8.28. The number of nitrogens with one attached hydrogen (secondary N) is 2. The Morgan fingerprint density at radius 3 is 2.50 bits per heavy atom. The van der Waals surface area contributed by atoms with E-state index in [1.807, 2.05) is 0 Å². The number of aromatic nitrogens is 2. The van der Waals surface area contributed by atoms with Gasteiger partial charge in [-0.2, -0.15) is 13.2 Å². The molecular weight excluding hydrogens is 480 g/mol. The number of rotatable bonds is 7. The molecular formula is C21H24F4N4O4S. The predicted molar refractivity (Wildman–Crippen MR) is 115 cm³/mol. The first-order valence-electron chi connectivity index (χ1n) is 10.4. The molecule has 13 heteroatoms. The number of hydrogen-bond acceptors (Lipinski definition) is 7. The van der Waals surface area contributed by atoms with Crippen LogP contribution in [0.3, 0.4) is 0 Å². The molecule has 8 nitrogen and oxygen atoms in total. The lowest BCUT2D eigenvalue weighted by molar-refractivity contribution is -0.138. The van der Waals surface area contributed by atoms with Crippen LogP contribution in [0.15, 0.2) is 35.5 Å². The maximum atomic E-state index is 14.2. The number of halogens is 4. The summed E-state index contributed by atoms with van der Waals surface area (Å²) < 4.78 is 79.6. The van der Waals surface area contributed by atoms with Crippen molar-refractivity contribution in [2.24, 2.45) is 0 Å². The smallest absolute Gasteiger partial charge is 0.407 e. The maximum absolute atomic E-state index is 14.2. The van der Waals surface area contributed by atoms with Gasteiger partial charge in [-0.05, 0) is 55.9 Å². The summed E-state index contributed by atoms with van der Waals surface area (Å²) in [4.78, 5) is 20.0. The van der Waals surface area contributed by atoms with Crippen LogP contribution < -0.4 is 10.6 Å². The number of carbonyl (C=O) groups excluding carboxylic acids is 1. The number of sulfone groups is 1. The Bertz CT molecular complexity index is 1130. The molecule has 1 fully saturated rings. The quantitative estimate of drug-likeness (QED) is 0.536. The van der Waals surface area contributed by atoms with Gasteiger partial charge in [0.05, 0.1) is 17.0 Å². The third kappa shape index (κ3) is 7.27. The zero-order chi connectivity index (χ0) is 25.1. The average molecular weight is 505 g/mol. The third-order valence-corrected chi connectivity index (χ3v) is 6.43. The fourth-order valence-corrected chi connectivity index (χ4v) is 4.33. The number of amides is 1. The number of hydrogen-bond donors (Lipinski definition) is 2. The number of anilines is 2. The van der Waals surface area contributed by atoms with Crippen molar-refractivity contribution in [1.29, 1.82) is 0 Å². The van der Waals surface area contributed by atoms with Crippen molar-refractivity contribution in [3.8, 4) is 0 Å². The molecule has 0 bridgehead atoms. The maximum Gasteiger partial charge on any atom is 0.407 e. The van der Waals surface area contributed by atoms with Crippen molar-refractivity contribution in [1.82, 2.24) is 15.3 Å². The normalized spacial score (nSPS) is 19.5. The van der Waals surface area contributed by atoms with Crippen molar-refractivity contribution in [3.05, 3.63) is 42.0 Å². The molecule has 0 radical (unpaired) electrons. The van der Waals surface area contributed by atoms with Crippen molar-refractivity contribution in [2.75, 3.05) is 11.6 Å². The SMILES string of the molecule is C[C@@H](CC(F)(F)F)NC(=O)O[C@H]1CC[C@@H](c2cnc(Nc3ccc(S(C)(=O)=O)cc3F)nc2)C1. The van der Waals surface area contributed by atoms with E-state index in [0.717, 1.165) is 17.9 Å². The zero-order valence-electron chi connectivity index (χ0n) is 18.4. The van der Waals surface area contributed by atoms with Gasteiger partial charge in [-0.15, -0.1) is 0 Å². The summed E-state index contributed by atoms with van der Waals surface area (Å²) >= 11 is 0. The van der Waals surface area contributed by atoms with Gasteiger partial charge in [0.1, 0.15) is 11.9 Å². The molecule has 1 aliphatic rings. The molecule has 3 atom stereocenters. The second kappa shape index (κ2) is 10.1. The summed E-state index contributed by atoms with van der Waals surface area (Å²) in [6.45, 7) is 1.26. The molecule has 3 rings (SSSR count). The molecule has 1 aromatic heterocycles. The molecule has 1 saturated carbocycles. The Hall–Kier alpha value is -2.96. The number of benzene rings is 1. The van der Waals surface area contributed by atoms with E-state index in [1.165, 1.54) is 19.1 Å². The number of alkyl carbamates (subject to hydrolysis) is 1. The number of ether oxygens (including phenoxy) is 1. The predicted octanol–water partition coefficient (Wildman–Crippen LogP) is 4.47. The van der Waals surface area contributed by atoms with Crippen LogP contribution in [0.5, 0.6) is 0 Å². The molecule has 0 spiro atoms. The van der Waals surface area contributed by atoms with Crippen molar-refractivity contribution in [3.63, 3.8) is 0 Å². The topological polar surface area (TPSA) is 110 Å². The lowest BCUT2D eigenvalue weighted by Gasteiger charge is -2.18. The average Bonchev–Trinajstić information content (AvgIpc) is 3.16. The fourth-order valence-electron chi connectivity index (χ4n) is 3.70. The standard InChI is InChI=1S/C21H24F4N4O4S/c1-12(9-21(23,24)25)28-20(30)33-15-4-3-13(7-15)14-10-26-19(27-11-14)29-18-6-5-16(8-17(18)22)34(2,31)32/h5-6,8,10-13,15H,3-4,7,9H2,1-2H3,(H,28,30)(H,26,27,29)/t12-,13+,15-/m0/s1. The summed E-state index contributed by atoms with van der Waals surface area (Å²) in [5, 5.41) is 4.87. The molecule has 0 aliphatic heterocycles. The third-order valence-electron chi connectivity index (χ3n) is 5.32. The molecule has 1 aromatic carbocycles. The first-order chi connectivity index (χ1) is 15.8. The highest BCUT2D eigenvalue weighted by Gasteiger charge is 2.32. The molecule has 2 aromatic rings. The van der Waals surface area contributed by atoms with Gasteiger partial charge >= 0.3 is 12.3 Å². The van der Waals surface area contributed by atoms with E-state index < -0.39 is 46.5 Å². The van der Waals surface area contributed by atoms with E-state index in [-0.39, 0.29) is 22.4 Å². The molecule has 1 amide bonds. The summed E-state index contributed by atoms with van der Waals surface area (Å²) in [6.07, 6.45) is -1.07. The van der Waals surface area contributed by atoms with E-state index in [4.69, 9.17) is 4.74 Å². The van der Waals surface area contributed by atoms with E-state index in [1.54, 1.807) is 12.4 Å². The van der Waals surface area contributed by atoms with E-state index in [0.29, 0.717) is 19.3 Å². The fraction of sp³-hybridized carbons (Fsp3) is 0.476. The van der Waals surface area contributed by atoms with E-state index >= 15 is 0 Å².